The molecular weight excluding hydrogens is 462 g/mol. The van der Waals surface area contributed by atoms with Crippen molar-refractivity contribution < 1.29 is 13.2 Å². The Balaban J connectivity index is 1.63. The molecular formula is C26H33N5O3S. The number of carbonyl (C=O) groups is 1. The third-order valence-corrected chi connectivity index (χ3v) is 6.76. The lowest BCUT2D eigenvalue weighted by atomic mass is 10.1. The van der Waals surface area contributed by atoms with E-state index < -0.39 is 10.0 Å². The molecule has 9 heteroatoms. The van der Waals surface area contributed by atoms with Crippen LogP contribution in [0.2, 0.25) is 0 Å². The Labute approximate surface area is 207 Å². The minimum atomic E-state index is -3.33. The number of nitrogens with two attached hydrogens (primary N) is 1. The Morgan fingerprint density at radius 2 is 1.80 bits per heavy atom. The second kappa shape index (κ2) is 12.5. The highest BCUT2D eigenvalue weighted by Crippen LogP contribution is 2.20. The second-order valence-corrected chi connectivity index (χ2v) is 10.5. The van der Waals surface area contributed by atoms with Gasteiger partial charge in [0.1, 0.15) is 5.82 Å². The highest BCUT2D eigenvalue weighted by atomic mass is 32.2. The largest absolute Gasteiger partial charge is 0.330 e. The van der Waals surface area contributed by atoms with Crippen molar-refractivity contribution in [1.29, 1.82) is 0 Å². The number of benzene rings is 2. The fourth-order valence-corrected chi connectivity index (χ4v) is 4.60. The van der Waals surface area contributed by atoms with Gasteiger partial charge in [-0.15, -0.1) is 0 Å². The van der Waals surface area contributed by atoms with Crippen molar-refractivity contribution >= 4 is 21.6 Å². The van der Waals surface area contributed by atoms with Gasteiger partial charge in [-0.3, -0.25) is 4.79 Å². The van der Waals surface area contributed by atoms with E-state index in [1.54, 1.807) is 6.20 Å². The number of aromatic nitrogens is 2. The molecule has 1 amide bonds. The fourth-order valence-electron chi connectivity index (χ4n) is 3.75. The van der Waals surface area contributed by atoms with Gasteiger partial charge in [0.25, 0.3) is 0 Å². The van der Waals surface area contributed by atoms with Crippen molar-refractivity contribution in [2.75, 3.05) is 24.7 Å². The van der Waals surface area contributed by atoms with Crippen LogP contribution in [0.15, 0.2) is 60.8 Å². The maximum atomic E-state index is 12.2. The van der Waals surface area contributed by atoms with Gasteiger partial charge in [0.15, 0.2) is 0 Å². The zero-order valence-electron chi connectivity index (χ0n) is 20.3. The Morgan fingerprint density at radius 3 is 2.49 bits per heavy atom. The van der Waals surface area contributed by atoms with Gasteiger partial charge in [-0.05, 0) is 61.2 Å². The first kappa shape index (κ1) is 26.5. The molecule has 1 aromatic heterocycles. The molecule has 0 unspecified atom stereocenters. The van der Waals surface area contributed by atoms with E-state index >= 15 is 0 Å². The van der Waals surface area contributed by atoms with Crippen LogP contribution in [-0.4, -0.2) is 47.9 Å². The van der Waals surface area contributed by atoms with Gasteiger partial charge < -0.3 is 11.1 Å². The van der Waals surface area contributed by atoms with E-state index in [1.165, 1.54) is 23.0 Å². The summed E-state index contributed by atoms with van der Waals surface area (Å²) < 4.78 is 25.8. The van der Waals surface area contributed by atoms with Crippen LogP contribution < -0.4 is 11.1 Å². The first-order valence-electron chi connectivity index (χ1n) is 11.7. The van der Waals surface area contributed by atoms with Crippen molar-refractivity contribution in [3.63, 3.8) is 0 Å². The molecule has 3 rings (SSSR count). The van der Waals surface area contributed by atoms with E-state index in [-0.39, 0.29) is 5.91 Å². The molecule has 8 nitrogen and oxygen atoms in total. The third-order valence-electron chi connectivity index (χ3n) is 5.51. The van der Waals surface area contributed by atoms with Crippen LogP contribution in [0.25, 0.3) is 11.3 Å². The molecule has 35 heavy (non-hydrogen) atoms. The number of nitrogens with one attached hydrogen (secondary N) is 1. The molecule has 0 spiro atoms. The summed E-state index contributed by atoms with van der Waals surface area (Å²) in [6, 6.07) is 17.5. The minimum absolute atomic E-state index is 0.0837. The normalized spacial score (nSPS) is 11.5. The van der Waals surface area contributed by atoms with Crippen molar-refractivity contribution in [3.8, 4) is 11.3 Å². The van der Waals surface area contributed by atoms with Crippen molar-refractivity contribution in [1.82, 2.24) is 14.3 Å². The van der Waals surface area contributed by atoms with Crippen molar-refractivity contribution in [2.45, 2.75) is 39.2 Å². The molecule has 3 N–H and O–H groups in total. The standard InChI is InChI=1S/C26H33N5O3S/c1-20(32)29-24-12-10-21(11-13-24)6-4-9-26-28-16-14-25(30-26)23-8-3-7-22(18-23)19-31(17-5-15-27)35(2,33)34/h3,7-8,10-14,16,18H,4-6,9,15,17,19,27H2,1-2H3,(H,29,32). The van der Waals surface area contributed by atoms with Crippen LogP contribution in [0.1, 0.15) is 36.7 Å². The average molecular weight is 496 g/mol. The molecule has 0 aliphatic rings. The lowest BCUT2D eigenvalue weighted by Crippen LogP contribution is -2.31. The maximum Gasteiger partial charge on any atom is 0.221 e. The molecule has 1 heterocycles. The number of hydrogen-bond acceptors (Lipinski definition) is 6. The minimum Gasteiger partial charge on any atom is -0.330 e. The van der Waals surface area contributed by atoms with E-state index in [0.717, 1.165) is 47.6 Å². The van der Waals surface area contributed by atoms with Crippen molar-refractivity contribution in [3.05, 3.63) is 77.7 Å². The summed E-state index contributed by atoms with van der Waals surface area (Å²) in [4.78, 5) is 20.3. The summed E-state index contributed by atoms with van der Waals surface area (Å²) in [6.45, 7) is 2.63. The Hall–Kier alpha value is -3.14. The predicted octanol–water partition coefficient (Wildman–Crippen LogP) is 3.39. The molecule has 0 bridgehead atoms. The zero-order valence-corrected chi connectivity index (χ0v) is 21.1. The summed E-state index contributed by atoms with van der Waals surface area (Å²) in [5.74, 6) is 0.683. The highest BCUT2D eigenvalue weighted by molar-refractivity contribution is 7.88. The molecule has 0 aliphatic carbocycles. The zero-order chi connectivity index (χ0) is 25.3. The quantitative estimate of drug-likeness (QED) is 0.398. The number of aryl methyl sites for hydroxylation is 2. The summed E-state index contributed by atoms with van der Waals surface area (Å²) in [5, 5.41) is 2.77. The number of anilines is 1. The maximum absolute atomic E-state index is 12.2. The van der Waals surface area contributed by atoms with E-state index in [1.807, 2.05) is 54.6 Å². The van der Waals surface area contributed by atoms with E-state index in [4.69, 9.17) is 10.7 Å². The lowest BCUT2D eigenvalue weighted by Gasteiger charge is -2.20. The van der Waals surface area contributed by atoms with Crippen LogP contribution in [-0.2, 0) is 34.2 Å². The molecule has 0 fully saturated rings. The van der Waals surface area contributed by atoms with Gasteiger partial charge >= 0.3 is 0 Å². The molecule has 3 aromatic rings. The second-order valence-electron chi connectivity index (χ2n) is 8.53. The average Bonchev–Trinajstić information content (AvgIpc) is 2.82. The van der Waals surface area contributed by atoms with Crippen LogP contribution in [0.5, 0.6) is 0 Å². The SMILES string of the molecule is CC(=O)Nc1ccc(CCCc2nccc(-c3cccc(CN(CCCN)S(C)(=O)=O)c3)n2)cc1. The molecule has 0 radical (unpaired) electrons. The number of rotatable bonds is 12. The molecule has 0 aliphatic heterocycles. The first-order chi connectivity index (χ1) is 16.7. The highest BCUT2D eigenvalue weighted by Gasteiger charge is 2.16. The molecule has 186 valence electrons. The molecule has 2 aromatic carbocycles. The van der Waals surface area contributed by atoms with E-state index in [2.05, 4.69) is 10.3 Å². The van der Waals surface area contributed by atoms with E-state index in [9.17, 15) is 13.2 Å². The third kappa shape index (κ3) is 8.54. The Morgan fingerprint density at radius 1 is 1.03 bits per heavy atom. The van der Waals surface area contributed by atoms with Gasteiger partial charge in [0.2, 0.25) is 15.9 Å². The number of hydrogen-bond donors (Lipinski definition) is 2. The molecule has 0 saturated carbocycles. The van der Waals surface area contributed by atoms with Gasteiger partial charge in [-0.1, -0.05) is 30.3 Å². The predicted molar refractivity (Wildman–Crippen MR) is 139 cm³/mol. The van der Waals surface area contributed by atoms with Gasteiger partial charge in [-0.25, -0.2) is 18.4 Å². The van der Waals surface area contributed by atoms with Crippen LogP contribution >= 0.6 is 0 Å². The van der Waals surface area contributed by atoms with Crippen LogP contribution in [0.3, 0.4) is 0 Å². The Bertz CT molecular complexity index is 1230. The summed E-state index contributed by atoms with van der Waals surface area (Å²) >= 11 is 0. The number of sulfonamides is 1. The fraction of sp³-hybridized carbons (Fsp3) is 0.346. The van der Waals surface area contributed by atoms with Gasteiger partial charge in [0.05, 0.1) is 11.9 Å². The molecule has 0 saturated heterocycles. The van der Waals surface area contributed by atoms with Gasteiger partial charge in [0, 0.05) is 43.9 Å². The summed E-state index contributed by atoms with van der Waals surface area (Å²) in [7, 11) is -3.33. The monoisotopic (exact) mass is 495 g/mol. The van der Waals surface area contributed by atoms with Gasteiger partial charge in [-0.2, -0.15) is 4.31 Å². The summed E-state index contributed by atoms with van der Waals surface area (Å²) in [5.41, 5.74) is 10.2. The number of carbonyl (C=O) groups excluding carboxylic acids is 1. The lowest BCUT2D eigenvalue weighted by molar-refractivity contribution is -0.114. The Kier molecular flexibility index (Phi) is 9.47. The molecule has 0 atom stereocenters. The van der Waals surface area contributed by atoms with Crippen LogP contribution in [0, 0.1) is 0 Å². The number of amides is 1. The topological polar surface area (TPSA) is 118 Å². The van der Waals surface area contributed by atoms with Crippen molar-refractivity contribution in [2.24, 2.45) is 5.73 Å². The number of nitrogens with zero attached hydrogens (tertiary/aromatic N) is 3. The van der Waals surface area contributed by atoms with E-state index in [0.29, 0.717) is 26.1 Å². The summed E-state index contributed by atoms with van der Waals surface area (Å²) in [6.07, 6.45) is 6.11. The van der Waals surface area contributed by atoms with Crippen LogP contribution in [0.4, 0.5) is 5.69 Å². The first-order valence-corrected chi connectivity index (χ1v) is 13.5. The smallest absolute Gasteiger partial charge is 0.221 e.